The molecule has 2 aromatic carbocycles. The van der Waals surface area contributed by atoms with Gasteiger partial charge in [0.2, 0.25) is 11.9 Å². The van der Waals surface area contributed by atoms with Crippen LogP contribution in [0.5, 0.6) is 11.8 Å². The summed E-state index contributed by atoms with van der Waals surface area (Å²) in [5.41, 5.74) is 1.34. The third kappa shape index (κ3) is 11.6. The second kappa shape index (κ2) is 15.5. The van der Waals surface area contributed by atoms with Crippen molar-refractivity contribution >= 4 is 29.5 Å². The predicted octanol–water partition coefficient (Wildman–Crippen LogP) is 5.27. The van der Waals surface area contributed by atoms with Crippen molar-refractivity contribution in [3.8, 4) is 11.8 Å². The lowest BCUT2D eigenvalue weighted by molar-refractivity contribution is -0.154. The number of hydrogen-bond acceptors (Lipinski definition) is 9. The summed E-state index contributed by atoms with van der Waals surface area (Å²) in [6.45, 7) is 6.30. The van der Waals surface area contributed by atoms with Crippen LogP contribution in [-0.4, -0.2) is 76.4 Å². The van der Waals surface area contributed by atoms with Gasteiger partial charge >= 0.3 is 18.2 Å². The summed E-state index contributed by atoms with van der Waals surface area (Å²) in [5.74, 6) is 0.330. The number of carbonyl (C=O) groups is 2. The number of carbonyl (C=O) groups excluding carboxylic acids is 2. The van der Waals surface area contributed by atoms with Gasteiger partial charge in [0.1, 0.15) is 5.75 Å². The van der Waals surface area contributed by atoms with E-state index >= 15 is 0 Å². The van der Waals surface area contributed by atoms with Crippen molar-refractivity contribution in [2.24, 2.45) is 0 Å². The monoisotopic (exact) mass is 644 g/mol. The van der Waals surface area contributed by atoms with E-state index in [1.807, 2.05) is 45.0 Å². The molecule has 0 saturated carbocycles. The highest BCUT2D eigenvalue weighted by molar-refractivity contribution is 5.94. The van der Waals surface area contributed by atoms with E-state index in [4.69, 9.17) is 9.47 Å². The van der Waals surface area contributed by atoms with Gasteiger partial charge in [-0.05, 0) is 82.0 Å². The van der Waals surface area contributed by atoms with Crippen molar-refractivity contribution in [3.63, 3.8) is 0 Å². The highest BCUT2D eigenvalue weighted by Crippen LogP contribution is 2.21. The first-order chi connectivity index (χ1) is 21.8. The van der Waals surface area contributed by atoms with E-state index < -0.39 is 18.8 Å². The van der Waals surface area contributed by atoms with Crippen molar-refractivity contribution in [1.29, 1.82) is 0 Å². The van der Waals surface area contributed by atoms with E-state index in [0.717, 1.165) is 18.4 Å². The number of fused-ring (bicyclic) bond motifs is 2. The third-order valence-electron chi connectivity index (χ3n) is 6.51. The summed E-state index contributed by atoms with van der Waals surface area (Å²) < 4.78 is 49.1. The minimum Gasteiger partial charge on any atom is -0.494 e. The Bertz CT molecular complexity index is 1450. The number of benzene rings is 2. The van der Waals surface area contributed by atoms with E-state index in [9.17, 15) is 22.8 Å². The normalized spacial score (nSPS) is 15.3. The van der Waals surface area contributed by atoms with Gasteiger partial charge in [-0.2, -0.15) is 28.1 Å². The van der Waals surface area contributed by atoms with Crippen LogP contribution < -0.4 is 30.7 Å². The number of halogens is 3. The summed E-state index contributed by atoms with van der Waals surface area (Å²) in [5, 5.41) is 11.8. The van der Waals surface area contributed by atoms with Gasteiger partial charge in [0, 0.05) is 43.0 Å². The average molecular weight is 645 g/mol. The van der Waals surface area contributed by atoms with E-state index in [-0.39, 0.29) is 35.9 Å². The second-order valence-corrected chi connectivity index (χ2v) is 11.7. The van der Waals surface area contributed by atoms with E-state index in [1.165, 1.54) is 0 Å². The van der Waals surface area contributed by atoms with Gasteiger partial charge < -0.3 is 35.6 Å². The molecular formula is C31H39F3N8O4. The second-order valence-electron chi connectivity index (χ2n) is 11.7. The van der Waals surface area contributed by atoms with Crippen LogP contribution in [0.25, 0.3) is 0 Å². The Labute approximate surface area is 265 Å². The predicted molar refractivity (Wildman–Crippen MR) is 166 cm³/mol. The Balaban J connectivity index is 1.51. The molecule has 0 aliphatic carbocycles. The van der Waals surface area contributed by atoms with Crippen molar-refractivity contribution in [1.82, 2.24) is 30.5 Å². The lowest BCUT2D eigenvalue weighted by Crippen LogP contribution is -2.49. The molecule has 0 atom stereocenters. The Morgan fingerprint density at radius 2 is 1.63 bits per heavy atom. The smallest absolute Gasteiger partial charge is 0.422 e. The third-order valence-corrected chi connectivity index (χ3v) is 6.51. The van der Waals surface area contributed by atoms with E-state index in [1.54, 1.807) is 29.2 Å². The fourth-order valence-electron chi connectivity index (χ4n) is 4.30. The number of nitrogens with zero attached hydrogens (tertiary/aromatic N) is 4. The molecular weight excluding hydrogens is 605 g/mol. The maximum atomic E-state index is 12.9. The molecule has 6 bridgehead atoms. The van der Waals surface area contributed by atoms with E-state index in [0.29, 0.717) is 49.7 Å². The summed E-state index contributed by atoms with van der Waals surface area (Å²) >= 11 is 0. The minimum atomic E-state index is -4.58. The van der Waals surface area contributed by atoms with Crippen LogP contribution in [0.15, 0.2) is 48.5 Å². The fourth-order valence-corrected chi connectivity index (χ4v) is 4.30. The molecule has 0 unspecified atom stereocenters. The molecule has 0 radical (unpaired) electrons. The van der Waals surface area contributed by atoms with Crippen LogP contribution in [0.1, 0.15) is 56.0 Å². The summed E-state index contributed by atoms with van der Waals surface area (Å²) in [6.07, 6.45) is -2.56. The minimum absolute atomic E-state index is 0.00162. The first-order valence-electron chi connectivity index (χ1n) is 15.0. The maximum Gasteiger partial charge on any atom is 0.422 e. The van der Waals surface area contributed by atoms with Gasteiger partial charge in [-0.25, -0.2) is 4.79 Å². The standard InChI is InChI=1S/C31H39F3N8O4/c1-30(2,3)41-29(44)42-16-4-5-18-45-24-13-7-21(8-14-24)19-36-26-38-27(40-28(39-26)46-20-31(32,33)34)37-23-11-9-22(10-12-23)25(43)35-15-6-17-42/h7-14H,4-6,15-20H2,1-3H3,(H,35,43)(H,41,44)(H2,36,37,38,39,40). The number of anilines is 3. The highest BCUT2D eigenvalue weighted by Gasteiger charge is 2.29. The van der Waals surface area contributed by atoms with Gasteiger partial charge in [0.15, 0.2) is 6.61 Å². The zero-order chi connectivity index (χ0) is 33.2. The molecule has 0 fully saturated rings. The van der Waals surface area contributed by atoms with Gasteiger partial charge in [-0.15, -0.1) is 0 Å². The molecule has 1 aromatic heterocycles. The molecule has 15 heteroatoms. The molecule has 3 aliphatic heterocycles. The van der Waals surface area contributed by atoms with Crippen molar-refractivity contribution in [3.05, 3.63) is 59.7 Å². The van der Waals surface area contributed by atoms with Crippen LogP contribution >= 0.6 is 0 Å². The van der Waals surface area contributed by atoms with Crippen molar-refractivity contribution < 1.29 is 32.2 Å². The fraction of sp³-hybridized carbons (Fsp3) is 0.452. The largest absolute Gasteiger partial charge is 0.494 e. The zero-order valence-electron chi connectivity index (χ0n) is 26.0. The first kappa shape index (κ1) is 34.1. The summed E-state index contributed by atoms with van der Waals surface area (Å²) in [6, 6.07) is 13.1. The molecule has 0 spiro atoms. The van der Waals surface area contributed by atoms with Crippen LogP contribution in [-0.2, 0) is 6.54 Å². The molecule has 46 heavy (non-hydrogen) atoms. The molecule has 3 amide bonds. The van der Waals surface area contributed by atoms with Crippen LogP contribution in [0.4, 0.5) is 35.5 Å². The lowest BCUT2D eigenvalue weighted by atomic mass is 10.1. The summed E-state index contributed by atoms with van der Waals surface area (Å²) in [7, 11) is 0. The number of hydrogen-bond donors (Lipinski definition) is 4. The van der Waals surface area contributed by atoms with Crippen LogP contribution in [0.3, 0.4) is 0 Å². The SMILES string of the molecule is CC(C)(C)NC(=O)N1CCCCOc2ccc(cc2)CNc2nc(nc(OCC(F)(F)F)n2)Nc2ccc(cc2)C(=O)NCCC1. The van der Waals surface area contributed by atoms with Gasteiger partial charge in [-0.1, -0.05) is 12.1 Å². The molecule has 12 nitrogen and oxygen atoms in total. The van der Waals surface area contributed by atoms with Crippen molar-refractivity contribution in [2.75, 3.05) is 43.5 Å². The molecule has 3 aliphatic rings. The van der Waals surface area contributed by atoms with Crippen molar-refractivity contribution in [2.45, 2.75) is 58.3 Å². The topological polar surface area (TPSA) is 143 Å². The Hall–Kier alpha value is -4.82. The van der Waals surface area contributed by atoms with Gasteiger partial charge in [-0.3, -0.25) is 4.79 Å². The van der Waals surface area contributed by atoms with Crippen LogP contribution in [0.2, 0.25) is 0 Å². The summed E-state index contributed by atoms with van der Waals surface area (Å²) in [4.78, 5) is 39.6. The number of alkyl halides is 3. The number of rotatable bonds is 2. The van der Waals surface area contributed by atoms with Gasteiger partial charge in [0.25, 0.3) is 5.91 Å². The van der Waals surface area contributed by atoms with Crippen LogP contribution in [0, 0.1) is 0 Å². The maximum absolute atomic E-state index is 12.9. The number of aromatic nitrogens is 3. The average Bonchev–Trinajstić information content (AvgIpc) is 2.99. The molecule has 6 rings (SSSR count). The lowest BCUT2D eigenvalue weighted by Gasteiger charge is -2.28. The first-order valence-corrected chi connectivity index (χ1v) is 15.0. The van der Waals surface area contributed by atoms with Gasteiger partial charge in [0.05, 0.1) is 6.61 Å². The highest BCUT2D eigenvalue weighted by atomic mass is 19.4. The Morgan fingerprint density at radius 3 is 2.33 bits per heavy atom. The molecule has 3 aromatic rings. The number of urea groups is 1. The number of amides is 3. The molecule has 0 saturated heterocycles. The Kier molecular flexibility index (Phi) is 11.4. The number of nitrogens with one attached hydrogen (secondary N) is 4. The molecule has 4 heterocycles. The molecule has 248 valence electrons. The Morgan fingerprint density at radius 1 is 0.935 bits per heavy atom. The quantitative estimate of drug-likeness (QED) is 0.293. The van der Waals surface area contributed by atoms with E-state index in [2.05, 4.69) is 36.2 Å². The zero-order valence-corrected chi connectivity index (χ0v) is 26.0. The molecule has 4 N–H and O–H groups in total. The number of ether oxygens (including phenoxy) is 2.